The van der Waals surface area contributed by atoms with E-state index in [0.717, 1.165) is 17.8 Å². The van der Waals surface area contributed by atoms with Gasteiger partial charge in [0.15, 0.2) is 5.03 Å². The summed E-state index contributed by atoms with van der Waals surface area (Å²) in [6.07, 6.45) is 2.87. The first-order chi connectivity index (χ1) is 11.8. The summed E-state index contributed by atoms with van der Waals surface area (Å²) in [4.78, 5) is 47.6. The van der Waals surface area contributed by atoms with Crippen LogP contribution in [0.15, 0.2) is 17.3 Å². The van der Waals surface area contributed by atoms with Crippen molar-refractivity contribution >= 4 is 35.2 Å². The number of carboxylic acid groups (broad SMARTS) is 1. The number of carbonyl (C=O) groups excluding carboxylic acids is 2. The number of aromatic nitrogens is 1. The molecule has 0 aromatic carbocycles. The summed E-state index contributed by atoms with van der Waals surface area (Å²) < 4.78 is 4.59. The molecule has 0 saturated heterocycles. The van der Waals surface area contributed by atoms with Gasteiger partial charge in [-0.05, 0) is 6.26 Å². The van der Waals surface area contributed by atoms with Crippen molar-refractivity contribution in [1.29, 1.82) is 0 Å². The van der Waals surface area contributed by atoms with Crippen molar-refractivity contribution in [3.63, 3.8) is 0 Å². The summed E-state index contributed by atoms with van der Waals surface area (Å²) in [7, 11) is 0. The zero-order chi connectivity index (χ0) is 18.8. The molecule has 0 fully saturated rings. The van der Waals surface area contributed by atoms with E-state index in [-0.39, 0.29) is 29.4 Å². The SMILES string of the molecule is CSc1ncc(C(=O)NCCNC(=O)COCC(=O)O)cc1[N+](=O)[O-]. The van der Waals surface area contributed by atoms with Gasteiger partial charge in [0, 0.05) is 25.4 Å². The van der Waals surface area contributed by atoms with Gasteiger partial charge in [0.25, 0.3) is 5.91 Å². The molecule has 2 amide bonds. The summed E-state index contributed by atoms with van der Waals surface area (Å²) in [6, 6.07) is 1.13. The Balaban J connectivity index is 2.42. The van der Waals surface area contributed by atoms with E-state index < -0.39 is 35.9 Å². The van der Waals surface area contributed by atoms with Crippen molar-refractivity contribution in [2.45, 2.75) is 5.03 Å². The lowest BCUT2D eigenvalue weighted by atomic mass is 10.2. The fourth-order valence-corrected chi connectivity index (χ4v) is 2.12. The number of nitro groups is 1. The molecular formula is C13H16N4O7S. The molecule has 1 heterocycles. The van der Waals surface area contributed by atoms with Crippen LogP contribution in [0.3, 0.4) is 0 Å². The fourth-order valence-electron chi connectivity index (χ4n) is 1.61. The van der Waals surface area contributed by atoms with Crippen molar-refractivity contribution in [2.75, 3.05) is 32.6 Å². The lowest BCUT2D eigenvalue weighted by Crippen LogP contribution is -2.36. The minimum atomic E-state index is -1.18. The van der Waals surface area contributed by atoms with Crippen LogP contribution in [0.2, 0.25) is 0 Å². The van der Waals surface area contributed by atoms with E-state index in [2.05, 4.69) is 20.4 Å². The smallest absolute Gasteiger partial charge is 0.329 e. The Kier molecular flexibility index (Phi) is 8.29. The van der Waals surface area contributed by atoms with E-state index in [1.54, 1.807) is 6.26 Å². The Bertz CT molecular complexity index is 668. The Morgan fingerprint density at radius 3 is 2.60 bits per heavy atom. The molecule has 3 N–H and O–H groups in total. The van der Waals surface area contributed by atoms with Gasteiger partial charge in [0.05, 0.1) is 10.5 Å². The molecule has 1 aromatic heterocycles. The van der Waals surface area contributed by atoms with Crippen LogP contribution in [-0.4, -0.2) is 65.4 Å². The molecule has 0 spiro atoms. The molecule has 0 aliphatic carbocycles. The molecule has 11 nitrogen and oxygen atoms in total. The molecule has 0 unspecified atom stereocenters. The first kappa shape index (κ1) is 20.3. The Labute approximate surface area is 146 Å². The monoisotopic (exact) mass is 372 g/mol. The molecule has 0 atom stereocenters. The summed E-state index contributed by atoms with van der Waals surface area (Å²) in [5.74, 6) is -2.29. The van der Waals surface area contributed by atoms with Gasteiger partial charge in [-0.3, -0.25) is 19.7 Å². The number of nitrogens with one attached hydrogen (secondary N) is 2. The lowest BCUT2D eigenvalue weighted by Gasteiger charge is -2.07. The van der Waals surface area contributed by atoms with Gasteiger partial charge in [-0.2, -0.15) is 0 Å². The number of pyridine rings is 1. The average Bonchev–Trinajstić information content (AvgIpc) is 2.57. The molecule has 0 aliphatic heterocycles. The zero-order valence-electron chi connectivity index (χ0n) is 13.2. The molecule has 136 valence electrons. The summed E-state index contributed by atoms with van der Waals surface area (Å²) >= 11 is 1.10. The number of ether oxygens (including phenoxy) is 1. The number of thioether (sulfide) groups is 1. The normalized spacial score (nSPS) is 10.1. The number of carbonyl (C=O) groups is 3. The highest BCUT2D eigenvalue weighted by molar-refractivity contribution is 7.98. The first-order valence-corrected chi connectivity index (χ1v) is 8.10. The van der Waals surface area contributed by atoms with Crippen LogP contribution in [-0.2, 0) is 14.3 Å². The van der Waals surface area contributed by atoms with Gasteiger partial charge in [-0.1, -0.05) is 0 Å². The number of hydrogen-bond acceptors (Lipinski definition) is 8. The van der Waals surface area contributed by atoms with Gasteiger partial charge in [0.2, 0.25) is 5.91 Å². The number of amides is 2. The molecule has 1 rings (SSSR count). The van der Waals surface area contributed by atoms with Gasteiger partial charge < -0.3 is 20.5 Å². The molecule has 25 heavy (non-hydrogen) atoms. The number of carboxylic acids is 1. The second kappa shape index (κ2) is 10.2. The van der Waals surface area contributed by atoms with Crippen LogP contribution in [0.5, 0.6) is 0 Å². The quantitative estimate of drug-likeness (QED) is 0.216. The van der Waals surface area contributed by atoms with Crippen LogP contribution < -0.4 is 10.6 Å². The third-order valence-electron chi connectivity index (χ3n) is 2.68. The van der Waals surface area contributed by atoms with E-state index in [1.807, 2.05) is 0 Å². The Hall–Kier alpha value is -2.73. The van der Waals surface area contributed by atoms with Gasteiger partial charge in [0.1, 0.15) is 13.2 Å². The van der Waals surface area contributed by atoms with Crippen molar-refractivity contribution in [3.05, 3.63) is 27.9 Å². The minimum absolute atomic E-state index is 0.0284. The van der Waals surface area contributed by atoms with Gasteiger partial charge >= 0.3 is 11.7 Å². The average molecular weight is 372 g/mol. The van der Waals surface area contributed by atoms with Crippen LogP contribution in [0, 0.1) is 10.1 Å². The molecule has 0 radical (unpaired) electrons. The largest absolute Gasteiger partial charge is 0.480 e. The van der Waals surface area contributed by atoms with E-state index in [4.69, 9.17) is 5.11 Å². The van der Waals surface area contributed by atoms with Gasteiger partial charge in [-0.15, -0.1) is 11.8 Å². The predicted octanol–water partition coefficient (Wildman–Crippen LogP) is -0.341. The van der Waals surface area contributed by atoms with Crippen LogP contribution in [0.1, 0.15) is 10.4 Å². The van der Waals surface area contributed by atoms with Crippen LogP contribution in [0.4, 0.5) is 5.69 Å². The standard InChI is InChI=1S/C13H16N4O7S/c1-25-13-9(17(22)23)4-8(5-16-13)12(21)15-3-2-14-10(18)6-24-7-11(19)20/h4-5H,2-3,6-7H2,1H3,(H,14,18)(H,15,21)(H,19,20). The van der Waals surface area contributed by atoms with Crippen molar-refractivity contribution in [2.24, 2.45) is 0 Å². The molecule has 1 aromatic rings. The molecule has 12 heteroatoms. The van der Waals surface area contributed by atoms with Crippen molar-refractivity contribution < 1.29 is 29.2 Å². The second-order valence-electron chi connectivity index (χ2n) is 4.50. The van der Waals surface area contributed by atoms with Crippen molar-refractivity contribution in [1.82, 2.24) is 15.6 Å². The molecule has 0 bridgehead atoms. The first-order valence-electron chi connectivity index (χ1n) is 6.88. The van der Waals surface area contributed by atoms with Gasteiger partial charge in [-0.25, -0.2) is 9.78 Å². The fraction of sp³-hybridized carbons (Fsp3) is 0.385. The van der Waals surface area contributed by atoms with Crippen LogP contribution >= 0.6 is 11.8 Å². The lowest BCUT2D eigenvalue weighted by molar-refractivity contribution is -0.388. The highest BCUT2D eigenvalue weighted by Gasteiger charge is 2.18. The summed E-state index contributed by atoms with van der Waals surface area (Å²) in [6.45, 7) is -0.838. The topological polar surface area (TPSA) is 161 Å². The Morgan fingerprint density at radius 2 is 2.00 bits per heavy atom. The Morgan fingerprint density at radius 1 is 1.32 bits per heavy atom. The predicted molar refractivity (Wildman–Crippen MR) is 86.5 cm³/mol. The highest BCUT2D eigenvalue weighted by Crippen LogP contribution is 2.25. The molecule has 0 aliphatic rings. The third-order valence-corrected chi connectivity index (χ3v) is 3.38. The summed E-state index contributed by atoms with van der Waals surface area (Å²) in [5, 5.41) is 24.4. The number of rotatable bonds is 10. The van der Waals surface area contributed by atoms with E-state index in [0.29, 0.717) is 0 Å². The van der Waals surface area contributed by atoms with E-state index in [1.165, 1.54) is 6.20 Å². The third kappa shape index (κ3) is 7.14. The van der Waals surface area contributed by atoms with E-state index in [9.17, 15) is 24.5 Å². The van der Waals surface area contributed by atoms with Crippen molar-refractivity contribution in [3.8, 4) is 0 Å². The maximum atomic E-state index is 11.9. The number of aliphatic carboxylic acids is 1. The zero-order valence-corrected chi connectivity index (χ0v) is 14.0. The number of hydrogen-bond donors (Lipinski definition) is 3. The maximum Gasteiger partial charge on any atom is 0.329 e. The highest BCUT2D eigenvalue weighted by atomic mass is 32.2. The second-order valence-corrected chi connectivity index (χ2v) is 5.30. The molecular weight excluding hydrogens is 356 g/mol. The van der Waals surface area contributed by atoms with Crippen LogP contribution in [0.25, 0.3) is 0 Å². The summed E-state index contributed by atoms with van der Waals surface area (Å²) in [5.41, 5.74) is -0.232. The number of nitrogens with zero attached hydrogens (tertiary/aromatic N) is 2. The maximum absolute atomic E-state index is 11.9. The van der Waals surface area contributed by atoms with E-state index >= 15 is 0 Å². The minimum Gasteiger partial charge on any atom is -0.480 e. The molecule has 0 saturated carbocycles.